The number of pyridine rings is 1. The van der Waals surface area contributed by atoms with Crippen molar-refractivity contribution in [2.75, 3.05) is 7.05 Å². The Balaban J connectivity index is 1.76. The lowest BCUT2D eigenvalue weighted by Crippen LogP contribution is -2.36. The molecule has 3 aromatic rings. The monoisotopic (exact) mass is 353 g/mol. The van der Waals surface area contributed by atoms with E-state index in [0.29, 0.717) is 33.8 Å². The van der Waals surface area contributed by atoms with Gasteiger partial charge < -0.3 is 13.8 Å². The molecule has 26 heavy (non-hydrogen) atoms. The van der Waals surface area contributed by atoms with Gasteiger partial charge in [0, 0.05) is 13.1 Å². The molecule has 1 aliphatic carbocycles. The minimum absolute atomic E-state index is 0.0107. The predicted octanol–water partition coefficient (Wildman–Crippen LogP) is 4.59. The van der Waals surface area contributed by atoms with Gasteiger partial charge in [0.25, 0.3) is 11.6 Å². The van der Waals surface area contributed by atoms with E-state index in [4.69, 9.17) is 8.94 Å². The number of hydrogen-bond donors (Lipinski definition) is 0. The first-order valence-electron chi connectivity index (χ1n) is 9.23. The molecule has 0 unspecified atom stereocenters. The fourth-order valence-electron chi connectivity index (χ4n) is 3.81. The van der Waals surface area contributed by atoms with E-state index in [9.17, 15) is 4.79 Å². The average Bonchev–Trinajstić information content (AvgIpc) is 3.23. The highest BCUT2D eigenvalue weighted by Gasteiger charge is 2.26. The molecule has 3 aromatic heterocycles. The smallest absolute Gasteiger partial charge is 0.259 e. The molecule has 1 saturated carbocycles. The predicted molar refractivity (Wildman–Crippen MR) is 97.8 cm³/mol. The van der Waals surface area contributed by atoms with Crippen LogP contribution in [0.15, 0.2) is 33.4 Å². The van der Waals surface area contributed by atoms with E-state index in [2.05, 4.69) is 10.1 Å². The van der Waals surface area contributed by atoms with Crippen LogP contribution in [0, 0.1) is 6.92 Å². The van der Waals surface area contributed by atoms with Crippen molar-refractivity contribution in [2.45, 2.75) is 51.5 Å². The van der Waals surface area contributed by atoms with Gasteiger partial charge in [0.05, 0.1) is 22.9 Å². The molecular formula is C20H23N3O3. The van der Waals surface area contributed by atoms with Gasteiger partial charge in [-0.15, -0.1) is 0 Å². The second kappa shape index (κ2) is 6.94. The van der Waals surface area contributed by atoms with Gasteiger partial charge in [0.1, 0.15) is 5.69 Å². The fourth-order valence-corrected chi connectivity index (χ4v) is 3.81. The second-order valence-corrected chi connectivity index (χ2v) is 7.04. The summed E-state index contributed by atoms with van der Waals surface area (Å²) in [6.07, 6.45) is 8.58. The highest BCUT2D eigenvalue weighted by Crippen LogP contribution is 2.29. The Morgan fingerprint density at radius 1 is 1.23 bits per heavy atom. The van der Waals surface area contributed by atoms with Crippen LogP contribution in [0.25, 0.3) is 22.6 Å². The third kappa shape index (κ3) is 3.00. The van der Waals surface area contributed by atoms with Gasteiger partial charge in [0.15, 0.2) is 5.76 Å². The zero-order chi connectivity index (χ0) is 18.1. The third-order valence-electron chi connectivity index (χ3n) is 5.31. The van der Waals surface area contributed by atoms with Crippen molar-refractivity contribution in [1.29, 1.82) is 0 Å². The Labute approximate surface area is 152 Å². The topological polar surface area (TPSA) is 72.4 Å². The molecule has 0 atom stereocenters. The Morgan fingerprint density at radius 2 is 2.00 bits per heavy atom. The maximum absolute atomic E-state index is 13.3. The lowest BCUT2D eigenvalue weighted by Gasteiger charge is -2.27. The Bertz CT molecular complexity index is 906. The normalized spacial score (nSPS) is 15.9. The molecule has 0 radical (unpaired) electrons. The van der Waals surface area contributed by atoms with E-state index in [-0.39, 0.29) is 11.9 Å². The minimum Gasteiger partial charge on any atom is -0.463 e. The zero-order valence-electron chi connectivity index (χ0n) is 15.2. The molecule has 0 N–H and O–H groups in total. The molecular weight excluding hydrogens is 330 g/mol. The van der Waals surface area contributed by atoms with Crippen molar-refractivity contribution < 1.29 is 13.7 Å². The molecule has 0 aliphatic heterocycles. The first-order valence-corrected chi connectivity index (χ1v) is 9.23. The van der Waals surface area contributed by atoms with Gasteiger partial charge in [-0.25, -0.2) is 4.98 Å². The summed E-state index contributed by atoms with van der Waals surface area (Å²) in [6, 6.07) is 5.69. The quantitative estimate of drug-likeness (QED) is 0.644. The number of rotatable bonds is 3. The van der Waals surface area contributed by atoms with E-state index < -0.39 is 0 Å². The lowest BCUT2D eigenvalue weighted by molar-refractivity contribution is 0.0719. The van der Waals surface area contributed by atoms with Crippen LogP contribution >= 0.6 is 0 Å². The minimum atomic E-state index is -0.0107. The summed E-state index contributed by atoms with van der Waals surface area (Å²) < 4.78 is 10.8. The molecule has 1 fully saturated rings. The van der Waals surface area contributed by atoms with Gasteiger partial charge in [-0.2, -0.15) is 0 Å². The number of aryl methyl sites for hydroxylation is 1. The Hall–Kier alpha value is -2.63. The van der Waals surface area contributed by atoms with Crippen LogP contribution < -0.4 is 0 Å². The van der Waals surface area contributed by atoms with Gasteiger partial charge in [0.2, 0.25) is 0 Å². The molecule has 0 bridgehead atoms. The first-order chi connectivity index (χ1) is 12.6. The van der Waals surface area contributed by atoms with Crippen molar-refractivity contribution in [3.05, 3.63) is 35.7 Å². The van der Waals surface area contributed by atoms with E-state index in [1.165, 1.54) is 25.7 Å². The molecule has 4 rings (SSSR count). The number of amides is 1. The van der Waals surface area contributed by atoms with Crippen LogP contribution in [-0.4, -0.2) is 34.0 Å². The van der Waals surface area contributed by atoms with Crippen LogP contribution in [0.3, 0.4) is 0 Å². The summed E-state index contributed by atoms with van der Waals surface area (Å²) in [4.78, 5) is 19.7. The molecule has 0 spiro atoms. The van der Waals surface area contributed by atoms with E-state index in [1.807, 2.05) is 24.9 Å². The van der Waals surface area contributed by atoms with Crippen LogP contribution in [0.5, 0.6) is 0 Å². The molecule has 136 valence electrons. The highest BCUT2D eigenvalue weighted by molar-refractivity contribution is 6.06. The number of nitrogens with zero attached hydrogens (tertiary/aromatic N) is 3. The van der Waals surface area contributed by atoms with E-state index in [1.54, 1.807) is 18.4 Å². The number of carbonyl (C=O) groups excluding carboxylic acids is 1. The summed E-state index contributed by atoms with van der Waals surface area (Å²) in [6.45, 7) is 1.84. The number of hydrogen-bond acceptors (Lipinski definition) is 5. The SMILES string of the molecule is Cc1noc2nc(-c3ccco3)cc(C(=O)N(C)C3CCCCCC3)c12. The fraction of sp³-hybridized carbons (Fsp3) is 0.450. The first kappa shape index (κ1) is 16.8. The molecule has 6 nitrogen and oxygen atoms in total. The summed E-state index contributed by atoms with van der Waals surface area (Å²) >= 11 is 0. The van der Waals surface area contributed by atoms with Crippen LogP contribution in [0.1, 0.15) is 54.6 Å². The van der Waals surface area contributed by atoms with Gasteiger partial charge >= 0.3 is 0 Å². The van der Waals surface area contributed by atoms with Crippen molar-refractivity contribution in [3.8, 4) is 11.5 Å². The lowest BCUT2D eigenvalue weighted by atomic mass is 10.0. The summed E-state index contributed by atoms with van der Waals surface area (Å²) in [7, 11) is 1.90. The van der Waals surface area contributed by atoms with Crippen molar-refractivity contribution in [3.63, 3.8) is 0 Å². The summed E-state index contributed by atoms with van der Waals surface area (Å²) in [5, 5.41) is 4.70. The largest absolute Gasteiger partial charge is 0.463 e. The number of fused-ring (bicyclic) bond motifs is 1. The molecule has 0 aromatic carbocycles. The molecule has 0 saturated heterocycles. The standard InChI is InChI=1S/C20H23N3O3/c1-13-18-15(20(24)23(2)14-8-5-3-4-6-9-14)12-16(17-10-7-11-25-17)21-19(18)26-22-13/h7,10-12,14H,3-6,8-9H2,1-2H3. The van der Waals surface area contributed by atoms with E-state index >= 15 is 0 Å². The molecule has 3 heterocycles. The third-order valence-corrected chi connectivity index (χ3v) is 5.31. The van der Waals surface area contributed by atoms with Crippen LogP contribution in [0.2, 0.25) is 0 Å². The summed E-state index contributed by atoms with van der Waals surface area (Å²) in [5.74, 6) is 0.593. The number of furan rings is 1. The van der Waals surface area contributed by atoms with E-state index in [0.717, 1.165) is 12.8 Å². The van der Waals surface area contributed by atoms with Gasteiger partial charge in [-0.3, -0.25) is 4.79 Å². The maximum Gasteiger partial charge on any atom is 0.259 e. The van der Waals surface area contributed by atoms with Crippen LogP contribution in [-0.2, 0) is 0 Å². The Morgan fingerprint density at radius 3 is 2.69 bits per heavy atom. The number of carbonyl (C=O) groups is 1. The van der Waals surface area contributed by atoms with Crippen molar-refractivity contribution in [1.82, 2.24) is 15.0 Å². The van der Waals surface area contributed by atoms with Crippen LogP contribution in [0.4, 0.5) is 0 Å². The zero-order valence-corrected chi connectivity index (χ0v) is 15.2. The van der Waals surface area contributed by atoms with Crippen molar-refractivity contribution in [2.24, 2.45) is 0 Å². The highest BCUT2D eigenvalue weighted by atomic mass is 16.5. The molecule has 6 heteroatoms. The number of aromatic nitrogens is 2. The average molecular weight is 353 g/mol. The van der Waals surface area contributed by atoms with Crippen molar-refractivity contribution >= 4 is 17.0 Å². The Kier molecular flexibility index (Phi) is 4.49. The maximum atomic E-state index is 13.3. The molecule has 1 amide bonds. The summed E-state index contributed by atoms with van der Waals surface area (Å²) in [5.41, 5.74) is 2.20. The second-order valence-electron chi connectivity index (χ2n) is 7.04. The molecule has 1 aliphatic rings. The van der Waals surface area contributed by atoms with Gasteiger partial charge in [-0.05, 0) is 38.0 Å². The van der Waals surface area contributed by atoms with Gasteiger partial charge in [-0.1, -0.05) is 30.8 Å².